The Hall–Kier alpha value is -7.33. The van der Waals surface area contributed by atoms with Crippen LogP contribution < -0.4 is 18.9 Å². The first-order valence-electron chi connectivity index (χ1n) is 33.4. The molecule has 2 fully saturated rings. The lowest BCUT2D eigenvalue weighted by atomic mass is 9.82. The van der Waals surface area contributed by atoms with Crippen LogP contribution in [0.2, 0.25) is 36.3 Å². The molecule has 0 bridgehead atoms. The number of likely N-dealkylation sites (tertiary alicyclic amines) is 2. The largest absolute Gasteiger partial charge is 0.493 e. The maximum absolute atomic E-state index is 14.0. The Kier molecular flexibility index (Phi) is 33.6. The molecular formula is C75H111BrN2O20Si2. The zero-order valence-electron chi connectivity index (χ0n) is 61.7. The third-order valence-corrected chi connectivity index (χ3v) is 27.8. The molecule has 0 spiro atoms. The fourth-order valence-electron chi connectivity index (χ4n) is 10.1. The number of hydrogen-bond donors (Lipinski definition) is 1. The second-order valence-electron chi connectivity index (χ2n) is 29.5. The van der Waals surface area contributed by atoms with E-state index in [1.54, 1.807) is 40.1 Å². The molecule has 556 valence electrons. The van der Waals surface area contributed by atoms with Gasteiger partial charge in [0.2, 0.25) is 5.78 Å². The molecule has 0 saturated carbocycles. The number of aliphatic carboxylic acids is 1. The van der Waals surface area contributed by atoms with Crippen LogP contribution in [0.15, 0.2) is 97.1 Å². The van der Waals surface area contributed by atoms with Gasteiger partial charge in [0.15, 0.2) is 50.2 Å². The topological polar surface area (TPSA) is 265 Å². The Morgan fingerprint density at radius 2 is 0.860 bits per heavy atom. The van der Waals surface area contributed by atoms with Gasteiger partial charge >= 0.3 is 36.1 Å². The number of rotatable bonds is 25. The highest BCUT2D eigenvalue weighted by Crippen LogP contribution is 2.40. The lowest BCUT2D eigenvalue weighted by Gasteiger charge is -2.38. The smallest absolute Gasteiger partial charge is 0.410 e. The van der Waals surface area contributed by atoms with Crippen molar-refractivity contribution in [1.29, 1.82) is 0 Å². The van der Waals surface area contributed by atoms with Crippen molar-refractivity contribution < 1.29 is 94.9 Å². The monoisotopic (exact) mass is 1490 g/mol. The minimum atomic E-state index is -2.13. The van der Waals surface area contributed by atoms with Gasteiger partial charge in [-0.2, -0.15) is 0 Å². The molecule has 2 aliphatic heterocycles. The van der Waals surface area contributed by atoms with Gasteiger partial charge in [-0.15, -0.1) is 0 Å². The van der Waals surface area contributed by atoms with Crippen molar-refractivity contribution in [2.24, 2.45) is 23.7 Å². The zero-order chi connectivity index (χ0) is 74.4. The number of carbonyl (C=O) groups excluding carboxylic acids is 7. The van der Waals surface area contributed by atoms with Gasteiger partial charge in [0.1, 0.15) is 22.7 Å². The molecule has 0 aromatic heterocycles. The Bertz CT molecular complexity index is 3310. The van der Waals surface area contributed by atoms with Gasteiger partial charge in [-0.1, -0.05) is 101 Å². The lowest BCUT2D eigenvalue weighted by molar-refractivity contribution is -0.167. The van der Waals surface area contributed by atoms with Gasteiger partial charge < -0.3 is 66.4 Å². The van der Waals surface area contributed by atoms with E-state index in [0.717, 1.165) is 7.11 Å². The van der Waals surface area contributed by atoms with E-state index in [2.05, 4.69) is 88.4 Å². The number of alkyl halides is 1. The number of hydrogen-bond acceptors (Lipinski definition) is 19. The van der Waals surface area contributed by atoms with Crippen molar-refractivity contribution in [3.63, 3.8) is 0 Å². The van der Waals surface area contributed by atoms with E-state index in [4.69, 9.17) is 46.7 Å². The van der Waals surface area contributed by atoms with E-state index in [-0.39, 0.29) is 46.7 Å². The molecule has 2 aliphatic rings. The average Bonchev–Trinajstić information content (AvgIpc) is 0.828. The fraction of sp³-hybridized carbons (Fsp3) is 0.573. The molecule has 4 aromatic carbocycles. The molecule has 1 N–H and O–H groups in total. The molecule has 4 atom stereocenters. The Morgan fingerprint density at radius 1 is 0.500 bits per heavy atom. The molecule has 22 nitrogen and oxygen atoms in total. The summed E-state index contributed by atoms with van der Waals surface area (Å²) in [6.45, 7) is 35.2. The van der Waals surface area contributed by atoms with Crippen molar-refractivity contribution in [2.75, 3.05) is 67.8 Å². The van der Waals surface area contributed by atoms with Crippen LogP contribution in [0.3, 0.4) is 0 Å². The number of carboxylic acid groups (broad SMARTS) is 1. The normalized spacial score (nSPS) is 15.2. The summed E-state index contributed by atoms with van der Waals surface area (Å²) in [4.78, 5) is 103. The highest BCUT2D eigenvalue weighted by Gasteiger charge is 2.43. The lowest BCUT2D eigenvalue weighted by Crippen LogP contribution is -2.45. The Labute approximate surface area is 603 Å². The second kappa shape index (κ2) is 38.6. The zero-order valence-corrected chi connectivity index (χ0v) is 65.2. The van der Waals surface area contributed by atoms with Crippen molar-refractivity contribution in [3.05, 3.63) is 108 Å². The first kappa shape index (κ1) is 86.9. The molecule has 100 heavy (non-hydrogen) atoms. The molecule has 2 amide bonds. The summed E-state index contributed by atoms with van der Waals surface area (Å²) in [6, 6.07) is 27.5. The van der Waals surface area contributed by atoms with E-state index in [0.29, 0.717) is 112 Å². The molecule has 6 rings (SSSR count). The molecular weight excluding hydrogens is 1380 g/mol. The van der Waals surface area contributed by atoms with Crippen LogP contribution >= 0.6 is 15.9 Å². The number of nitrogens with zero attached hydrogens (tertiary/aromatic N) is 2. The van der Waals surface area contributed by atoms with E-state index in [9.17, 15) is 43.5 Å². The molecule has 4 unspecified atom stereocenters. The number of Topliss-reactive ketones (excluding diaryl/α,β-unsaturated/α-hetero) is 2. The molecule has 2 heterocycles. The summed E-state index contributed by atoms with van der Waals surface area (Å²) >= 11 is 3.03. The predicted molar refractivity (Wildman–Crippen MR) is 392 cm³/mol. The number of methoxy groups -OCH3 is 4. The number of benzene rings is 4. The number of carbonyl (C=O) groups is 8. The van der Waals surface area contributed by atoms with Gasteiger partial charge in [0.05, 0.1) is 40.3 Å². The number of para-hydroxylation sites is 2. The van der Waals surface area contributed by atoms with Gasteiger partial charge in [0, 0.05) is 50.5 Å². The SMILES string of the molecule is C.CC(C)(C)OC(=O)N1CCC(C(CCO[Si](C)(C)C(C)(C)C)C(=O)O)CC1.COC(=O)C(Br)C(=O)c1ccc(Oc2ccccc2)c(OC)c1.COC(=O)C(OC(=O)C(CCO[Si](C)(C)C(C)(C)C)C1CCN(C(=O)OC(C)(C)C)CC1)C(=O)c1ccc(Oc2ccccc2)c(OC)c1. The summed E-state index contributed by atoms with van der Waals surface area (Å²) in [5, 5.41) is 9.77. The molecule has 0 radical (unpaired) electrons. The predicted octanol–water partition coefficient (Wildman–Crippen LogP) is 16.4. The third kappa shape index (κ3) is 26.9. The maximum atomic E-state index is 14.0. The fourth-order valence-corrected chi connectivity index (χ4v) is 12.7. The number of carboxylic acids is 1. The number of halogens is 1. The number of ether oxygens (including phenoxy) is 9. The van der Waals surface area contributed by atoms with E-state index in [1.165, 1.54) is 39.5 Å². The van der Waals surface area contributed by atoms with Crippen LogP contribution in [0.5, 0.6) is 34.5 Å². The second-order valence-corrected chi connectivity index (χ2v) is 40.0. The van der Waals surface area contributed by atoms with Crippen molar-refractivity contribution in [1.82, 2.24) is 9.80 Å². The number of esters is 3. The first-order valence-corrected chi connectivity index (χ1v) is 40.2. The van der Waals surface area contributed by atoms with Crippen LogP contribution in [0.1, 0.15) is 150 Å². The minimum absolute atomic E-state index is 0. The minimum Gasteiger partial charge on any atom is -0.493 e. The van der Waals surface area contributed by atoms with Crippen LogP contribution in [0.4, 0.5) is 9.59 Å². The highest BCUT2D eigenvalue weighted by molar-refractivity contribution is 9.10. The number of piperidine rings is 2. The van der Waals surface area contributed by atoms with Crippen molar-refractivity contribution >= 4 is 80.2 Å². The summed E-state index contributed by atoms with van der Waals surface area (Å²) in [5.41, 5.74) is -0.757. The summed E-state index contributed by atoms with van der Waals surface area (Å²) in [7, 11) is 1.27. The van der Waals surface area contributed by atoms with Crippen LogP contribution in [-0.4, -0.2) is 169 Å². The van der Waals surface area contributed by atoms with E-state index in [1.807, 2.05) is 90.1 Å². The van der Waals surface area contributed by atoms with Crippen molar-refractivity contribution in [3.8, 4) is 34.5 Å². The average molecular weight is 1500 g/mol. The Morgan fingerprint density at radius 3 is 1.20 bits per heavy atom. The maximum Gasteiger partial charge on any atom is 0.410 e. The molecule has 0 aliphatic carbocycles. The molecule has 25 heteroatoms. The summed E-state index contributed by atoms with van der Waals surface area (Å²) in [6.07, 6.45) is 0.697. The van der Waals surface area contributed by atoms with Gasteiger partial charge in [0.25, 0.3) is 6.10 Å². The van der Waals surface area contributed by atoms with E-state index < -0.39 is 92.1 Å². The van der Waals surface area contributed by atoms with Crippen molar-refractivity contribution in [2.45, 2.75) is 187 Å². The number of amides is 2. The summed E-state index contributed by atoms with van der Waals surface area (Å²) < 4.78 is 61.1. The first-order chi connectivity index (χ1) is 46.1. The highest BCUT2D eigenvalue weighted by atomic mass is 79.9. The van der Waals surface area contributed by atoms with Crippen LogP contribution in [0, 0.1) is 23.7 Å². The van der Waals surface area contributed by atoms with Gasteiger partial charge in [-0.25, -0.2) is 14.4 Å². The van der Waals surface area contributed by atoms with Crippen LogP contribution in [0.25, 0.3) is 0 Å². The van der Waals surface area contributed by atoms with Gasteiger partial charge in [-0.3, -0.25) is 24.0 Å². The summed E-state index contributed by atoms with van der Waals surface area (Å²) in [5.74, 6) is -2.82. The molecule has 2 saturated heterocycles. The van der Waals surface area contributed by atoms with Gasteiger partial charge in [-0.05, 0) is 189 Å². The Balaban J connectivity index is 0.000000429. The molecule has 4 aromatic rings. The standard InChI is InChI=1S/C37H53NO10Si.C20H39NO5Si.C17H15BrO5.CH4/c1-36(2,3)48-35(42)38-21-18-25(19-22-38)28(20-23-45-49(9,10)37(4,5)6)33(40)47-32(34(41)44-8)31(39)26-16-17-29(30(24-26)43-7)46-27-14-12-11-13-15-27;1-19(2,3)26-18(24)21-12-9-15(10-13-21)16(17(22)23)11-14-25-27(7,8)20(4,5)6;1-21-14-10-11(16(19)15(18)17(20)22-2)8-9-13(14)23-12-6-4-3-5-7-12;/h11-17,24-25,28,32H,18-23H2,1-10H3;15-16H,9-14H2,1-8H3,(H,22,23);3-10,15H,1-2H3;1H4. The van der Waals surface area contributed by atoms with Crippen LogP contribution in [-0.2, 0) is 51.7 Å². The van der Waals surface area contributed by atoms with E-state index >= 15 is 0 Å². The number of ketones is 2. The quantitative estimate of drug-likeness (QED) is 0.0161. The third-order valence-electron chi connectivity index (χ3n) is 17.9.